The molecule has 6 nitrogen and oxygen atoms in total. The highest BCUT2D eigenvalue weighted by Crippen LogP contribution is 2.22. The molecular weight excluding hydrogens is 318 g/mol. The molecule has 1 fully saturated rings. The van der Waals surface area contributed by atoms with E-state index in [9.17, 15) is 18.3 Å². The van der Waals surface area contributed by atoms with Gasteiger partial charge in [-0.05, 0) is 24.6 Å². The Hall–Kier alpha value is -1.15. The smallest absolute Gasteiger partial charge is 0.324 e. The highest BCUT2D eigenvalue weighted by molar-refractivity contribution is 7.88. The fourth-order valence-corrected chi connectivity index (χ4v) is 4.29. The Morgan fingerprint density at radius 1 is 1.52 bits per heavy atom. The van der Waals surface area contributed by atoms with Crippen molar-refractivity contribution < 1.29 is 23.1 Å². The number of morpholine rings is 1. The highest BCUT2D eigenvalue weighted by atomic mass is 35.5. The molecule has 0 amide bonds. The SMILES string of the molecule is C[C@H]1OCCN(S(=O)(=O)Cc2cccc(Cl)c2)[C@@H]1C(=O)O. The van der Waals surface area contributed by atoms with E-state index in [1.807, 2.05) is 0 Å². The summed E-state index contributed by atoms with van der Waals surface area (Å²) in [5, 5.41) is 9.68. The van der Waals surface area contributed by atoms with Gasteiger partial charge in [0, 0.05) is 11.6 Å². The van der Waals surface area contributed by atoms with Crippen LogP contribution in [0.3, 0.4) is 0 Å². The first kappa shape index (κ1) is 16.2. The van der Waals surface area contributed by atoms with Crippen LogP contribution < -0.4 is 0 Å². The van der Waals surface area contributed by atoms with Crippen molar-refractivity contribution in [3.63, 3.8) is 0 Å². The molecule has 21 heavy (non-hydrogen) atoms. The maximum atomic E-state index is 12.5. The summed E-state index contributed by atoms with van der Waals surface area (Å²) in [4.78, 5) is 11.3. The van der Waals surface area contributed by atoms with Crippen LogP contribution in [0.5, 0.6) is 0 Å². The van der Waals surface area contributed by atoms with Crippen molar-refractivity contribution in [3.05, 3.63) is 34.9 Å². The molecule has 1 N–H and O–H groups in total. The van der Waals surface area contributed by atoms with Gasteiger partial charge in [0.05, 0.1) is 18.5 Å². The third-order valence-electron chi connectivity index (χ3n) is 3.30. The van der Waals surface area contributed by atoms with Gasteiger partial charge in [0.25, 0.3) is 0 Å². The van der Waals surface area contributed by atoms with Crippen molar-refractivity contribution in [2.24, 2.45) is 0 Å². The third-order valence-corrected chi connectivity index (χ3v) is 5.35. The molecule has 1 aliphatic heterocycles. The molecule has 0 aromatic heterocycles. The Morgan fingerprint density at radius 2 is 2.24 bits per heavy atom. The third kappa shape index (κ3) is 3.74. The number of carboxylic acid groups (broad SMARTS) is 1. The summed E-state index contributed by atoms with van der Waals surface area (Å²) in [7, 11) is -3.77. The van der Waals surface area contributed by atoms with Gasteiger partial charge in [0.2, 0.25) is 10.0 Å². The summed E-state index contributed by atoms with van der Waals surface area (Å²) in [5.41, 5.74) is 0.519. The zero-order valence-corrected chi connectivity index (χ0v) is 13.0. The molecule has 1 heterocycles. The molecule has 0 unspecified atom stereocenters. The second-order valence-electron chi connectivity index (χ2n) is 4.86. The van der Waals surface area contributed by atoms with Gasteiger partial charge < -0.3 is 9.84 Å². The summed E-state index contributed by atoms with van der Waals surface area (Å²) >= 11 is 5.84. The Kier molecular flexibility index (Phi) is 4.88. The number of hydrogen-bond acceptors (Lipinski definition) is 4. The van der Waals surface area contributed by atoms with E-state index in [0.717, 1.165) is 4.31 Å². The molecule has 1 aromatic carbocycles. The van der Waals surface area contributed by atoms with Gasteiger partial charge in [-0.1, -0.05) is 23.7 Å². The quantitative estimate of drug-likeness (QED) is 0.899. The number of sulfonamides is 1. The van der Waals surface area contributed by atoms with E-state index in [1.165, 1.54) is 0 Å². The normalized spacial score (nSPS) is 23.9. The zero-order valence-electron chi connectivity index (χ0n) is 11.4. The Bertz CT molecular complexity index is 633. The molecule has 2 atom stereocenters. The Morgan fingerprint density at radius 3 is 2.86 bits per heavy atom. The van der Waals surface area contributed by atoms with Crippen LogP contribution in [0.1, 0.15) is 12.5 Å². The molecule has 0 bridgehead atoms. The molecule has 0 saturated carbocycles. The molecule has 1 aromatic rings. The zero-order chi connectivity index (χ0) is 15.6. The van der Waals surface area contributed by atoms with E-state index < -0.39 is 28.1 Å². The largest absolute Gasteiger partial charge is 0.480 e. The number of nitrogens with zero attached hydrogens (tertiary/aromatic N) is 1. The van der Waals surface area contributed by atoms with Crippen molar-refractivity contribution in [3.8, 4) is 0 Å². The minimum absolute atomic E-state index is 0.0320. The molecule has 8 heteroatoms. The number of ether oxygens (including phenoxy) is 1. The van der Waals surface area contributed by atoms with Crippen LogP contribution in [0.15, 0.2) is 24.3 Å². The number of aliphatic carboxylic acids is 1. The number of hydrogen-bond donors (Lipinski definition) is 1. The molecule has 0 spiro atoms. The van der Waals surface area contributed by atoms with Crippen molar-refractivity contribution in [1.82, 2.24) is 4.31 Å². The lowest BCUT2D eigenvalue weighted by Gasteiger charge is -2.36. The van der Waals surface area contributed by atoms with Gasteiger partial charge in [0.15, 0.2) is 0 Å². The fraction of sp³-hybridized carbons (Fsp3) is 0.462. The predicted octanol–water partition coefficient (Wildman–Crippen LogP) is 1.34. The lowest BCUT2D eigenvalue weighted by atomic mass is 10.1. The van der Waals surface area contributed by atoms with Crippen LogP contribution >= 0.6 is 11.6 Å². The average molecular weight is 334 g/mol. The molecule has 0 radical (unpaired) electrons. The van der Waals surface area contributed by atoms with Gasteiger partial charge in [0.1, 0.15) is 6.04 Å². The molecule has 1 aliphatic rings. The number of halogens is 1. The van der Waals surface area contributed by atoms with Gasteiger partial charge in [-0.2, -0.15) is 4.31 Å². The van der Waals surface area contributed by atoms with Crippen LogP contribution in [0.4, 0.5) is 0 Å². The van der Waals surface area contributed by atoms with Crippen LogP contribution in [-0.4, -0.2) is 49.1 Å². The lowest BCUT2D eigenvalue weighted by molar-refractivity contribution is -0.150. The molecule has 1 saturated heterocycles. The maximum Gasteiger partial charge on any atom is 0.324 e. The topological polar surface area (TPSA) is 83.9 Å². The minimum Gasteiger partial charge on any atom is -0.480 e. The predicted molar refractivity (Wildman–Crippen MR) is 77.6 cm³/mol. The first-order valence-corrected chi connectivity index (χ1v) is 8.38. The van der Waals surface area contributed by atoms with E-state index in [1.54, 1.807) is 31.2 Å². The van der Waals surface area contributed by atoms with Gasteiger partial charge in [-0.25, -0.2) is 8.42 Å². The molecular formula is C13H16ClNO5S. The Labute approximate surface area is 128 Å². The summed E-state index contributed by atoms with van der Waals surface area (Å²) in [5.74, 6) is -1.50. The summed E-state index contributed by atoms with van der Waals surface area (Å²) in [6.45, 7) is 1.77. The monoisotopic (exact) mass is 333 g/mol. The van der Waals surface area contributed by atoms with Crippen molar-refractivity contribution >= 4 is 27.6 Å². The van der Waals surface area contributed by atoms with Gasteiger partial charge in [-0.15, -0.1) is 0 Å². The first-order chi connectivity index (χ1) is 9.81. The van der Waals surface area contributed by atoms with E-state index in [4.69, 9.17) is 16.3 Å². The minimum atomic E-state index is -3.77. The van der Waals surface area contributed by atoms with Crippen LogP contribution in [-0.2, 0) is 25.3 Å². The van der Waals surface area contributed by atoms with Crippen LogP contribution in [0, 0.1) is 0 Å². The number of carbonyl (C=O) groups is 1. The van der Waals surface area contributed by atoms with E-state index in [-0.39, 0.29) is 18.9 Å². The van der Waals surface area contributed by atoms with E-state index in [2.05, 4.69) is 0 Å². The summed E-state index contributed by atoms with van der Waals surface area (Å²) in [6, 6.07) is 5.29. The van der Waals surface area contributed by atoms with Crippen LogP contribution in [0.2, 0.25) is 5.02 Å². The van der Waals surface area contributed by atoms with Crippen molar-refractivity contribution in [2.75, 3.05) is 13.2 Å². The molecule has 2 rings (SSSR count). The van der Waals surface area contributed by atoms with E-state index >= 15 is 0 Å². The van der Waals surface area contributed by atoms with Gasteiger partial charge in [-0.3, -0.25) is 4.79 Å². The average Bonchev–Trinajstić information content (AvgIpc) is 2.37. The van der Waals surface area contributed by atoms with E-state index in [0.29, 0.717) is 10.6 Å². The first-order valence-electron chi connectivity index (χ1n) is 6.39. The number of carboxylic acids is 1. The second kappa shape index (κ2) is 6.31. The lowest BCUT2D eigenvalue weighted by Crippen LogP contribution is -2.56. The van der Waals surface area contributed by atoms with Crippen molar-refractivity contribution in [2.45, 2.75) is 24.8 Å². The van der Waals surface area contributed by atoms with Crippen LogP contribution in [0.25, 0.3) is 0 Å². The standard InChI is InChI=1S/C13H16ClNO5S/c1-9-12(13(16)17)15(5-6-20-9)21(18,19)8-10-3-2-4-11(14)7-10/h2-4,7,9,12H,5-6,8H2,1H3,(H,16,17)/t9-,12+/m1/s1. The summed E-state index contributed by atoms with van der Waals surface area (Å²) < 4.78 is 31.2. The fourth-order valence-electron chi connectivity index (χ4n) is 2.35. The molecule has 0 aliphatic carbocycles. The van der Waals surface area contributed by atoms with Gasteiger partial charge >= 0.3 is 5.97 Å². The number of rotatable bonds is 4. The summed E-state index contributed by atoms with van der Waals surface area (Å²) in [6.07, 6.45) is -0.689. The highest BCUT2D eigenvalue weighted by Gasteiger charge is 2.41. The Balaban J connectivity index is 2.27. The second-order valence-corrected chi connectivity index (χ2v) is 7.21. The molecule has 116 valence electrons. The maximum absolute atomic E-state index is 12.5. The van der Waals surface area contributed by atoms with Crippen molar-refractivity contribution in [1.29, 1.82) is 0 Å². The number of benzene rings is 1.